The molecule has 2 aromatic rings. The van der Waals surface area contributed by atoms with Crippen LogP contribution in [0.5, 0.6) is 0 Å². The third kappa shape index (κ3) is 12.3. The second-order valence-electron chi connectivity index (χ2n) is 8.63. The maximum atomic E-state index is 12.9. The number of carboxylic acids is 2. The zero-order chi connectivity index (χ0) is 29.7. The summed E-state index contributed by atoms with van der Waals surface area (Å²) in [6.45, 7) is 3.88. The number of carboxylic acid groups (broad SMARTS) is 2. The normalized spacial score (nSPS) is 12.3. The zero-order valence-electron chi connectivity index (χ0n) is 21.4. The number of anilines is 2. The topological polar surface area (TPSA) is 229 Å². The highest BCUT2D eigenvalue weighted by Crippen LogP contribution is 2.16. The van der Waals surface area contributed by atoms with Crippen molar-refractivity contribution in [2.75, 3.05) is 22.9 Å². The van der Waals surface area contributed by atoms with Crippen molar-refractivity contribution in [1.29, 1.82) is 0 Å². The van der Waals surface area contributed by atoms with Gasteiger partial charge in [-0.15, -0.1) is 0 Å². The van der Waals surface area contributed by atoms with Gasteiger partial charge in [-0.25, -0.2) is 13.6 Å². The van der Waals surface area contributed by atoms with Gasteiger partial charge in [0.25, 0.3) is 0 Å². The van der Waals surface area contributed by atoms with Gasteiger partial charge in [0, 0.05) is 24.5 Å². The van der Waals surface area contributed by atoms with Crippen molar-refractivity contribution >= 4 is 45.2 Å². The highest BCUT2D eigenvalue weighted by Gasteiger charge is 2.29. The maximum absolute atomic E-state index is 12.9. The van der Waals surface area contributed by atoms with Gasteiger partial charge in [-0.1, -0.05) is 36.9 Å². The fourth-order valence-corrected chi connectivity index (χ4v) is 3.75. The minimum Gasteiger partial charge on any atom is -0.481 e. The second-order valence-corrected chi connectivity index (χ2v) is 10.4. The molecule has 0 saturated heterocycles. The smallest absolute Gasteiger partial charge is 0.305 e. The van der Waals surface area contributed by atoms with Gasteiger partial charge in [-0.2, -0.15) is 0 Å². The minimum absolute atomic E-state index is 0.0451. The number of sulfonamides is 1. The third-order valence-corrected chi connectivity index (χ3v) is 6.04. The molecule has 0 aliphatic heterocycles. The van der Waals surface area contributed by atoms with Crippen LogP contribution in [0.1, 0.15) is 18.4 Å². The maximum Gasteiger partial charge on any atom is 0.305 e. The second kappa shape index (κ2) is 15.1. The number of nitrogens with two attached hydrogens (primary N) is 1. The largest absolute Gasteiger partial charge is 0.481 e. The number of aliphatic carboxylic acids is 2. The molecule has 216 valence electrons. The number of carbonyl (C=O) groups is 4. The molecule has 2 unspecified atom stereocenters. The molecular weight excluding hydrogens is 544 g/mol. The summed E-state index contributed by atoms with van der Waals surface area (Å²) in [4.78, 5) is 48.3. The van der Waals surface area contributed by atoms with E-state index >= 15 is 0 Å². The Bertz CT molecular complexity index is 1300. The molecule has 0 aliphatic rings. The number of primary sulfonamides is 1. The Kier molecular flexibility index (Phi) is 11.9. The lowest BCUT2D eigenvalue weighted by Gasteiger charge is -2.22. The lowest BCUT2D eigenvalue weighted by atomic mass is 10.1. The Hall–Kier alpha value is -4.63. The molecule has 2 atom stereocenters. The van der Waals surface area contributed by atoms with E-state index in [9.17, 15) is 37.8 Å². The van der Waals surface area contributed by atoms with Gasteiger partial charge in [0.15, 0.2) is 0 Å². The Morgan fingerprint density at radius 1 is 0.825 bits per heavy atom. The first-order chi connectivity index (χ1) is 18.8. The standard InChI is InChI=1S/C25H32N6O8S/c1-16(27-11-12-40(26,38)39)29-18-7-9-19(10-8-18)30-21(14-23(34)35)25(37)31-20(13-22(32)33)24(36)28-15-17-5-3-2-4-6-17/h2-10,20-21,27,29-30H,1,11-15H2,(H,28,36)(H,31,37)(H,32,33)(H,34,35)(H2,26,38,39). The predicted octanol–water partition coefficient (Wildman–Crippen LogP) is -0.0211. The lowest BCUT2D eigenvalue weighted by Crippen LogP contribution is -2.52. The molecule has 0 heterocycles. The molecule has 0 bridgehead atoms. The predicted molar refractivity (Wildman–Crippen MR) is 147 cm³/mol. The Balaban J connectivity index is 2.02. The Morgan fingerprint density at radius 3 is 1.98 bits per heavy atom. The zero-order valence-corrected chi connectivity index (χ0v) is 22.2. The number of carbonyl (C=O) groups excluding carboxylic acids is 2. The van der Waals surface area contributed by atoms with E-state index in [1.165, 1.54) is 0 Å². The summed E-state index contributed by atoms with van der Waals surface area (Å²) in [6, 6.07) is 12.4. The SMILES string of the molecule is C=C(NCCS(N)(=O)=O)Nc1ccc(NC(CC(=O)O)C(=O)NC(CC(=O)O)C(=O)NCc2ccccc2)cc1. The highest BCUT2D eigenvalue weighted by molar-refractivity contribution is 7.89. The van der Waals surface area contributed by atoms with Gasteiger partial charge in [-0.05, 0) is 29.8 Å². The number of hydrogen-bond acceptors (Lipinski definition) is 9. The van der Waals surface area contributed by atoms with Gasteiger partial charge < -0.3 is 36.8 Å². The van der Waals surface area contributed by atoms with Gasteiger partial charge in [0.2, 0.25) is 21.8 Å². The molecule has 0 aromatic heterocycles. The molecule has 40 heavy (non-hydrogen) atoms. The van der Waals surface area contributed by atoms with Gasteiger partial charge in [0.1, 0.15) is 12.1 Å². The fraction of sp³-hybridized carbons (Fsp3) is 0.280. The number of rotatable bonds is 17. The van der Waals surface area contributed by atoms with Crippen LogP contribution in [0.4, 0.5) is 11.4 Å². The van der Waals surface area contributed by atoms with Crippen LogP contribution in [0.2, 0.25) is 0 Å². The molecule has 14 nitrogen and oxygen atoms in total. The van der Waals surface area contributed by atoms with Crippen LogP contribution in [0, 0.1) is 0 Å². The molecule has 2 aromatic carbocycles. The third-order valence-electron chi connectivity index (χ3n) is 5.26. The highest BCUT2D eigenvalue weighted by atomic mass is 32.2. The lowest BCUT2D eigenvalue weighted by molar-refractivity contribution is -0.142. The van der Waals surface area contributed by atoms with Crippen LogP contribution in [-0.4, -0.2) is 66.8 Å². The molecule has 0 fully saturated rings. The van der Waals surface area contributed by atoms with E-state index in [0.717, 1.165) is 5.56 Å². The van der Waals surface area contributed by atoms with Crippen LogP contribution >= 0.6 is 0 Å². The van der Waals surface area contributed by atoms with Crippen molar-refractivity contribution in [3.63, 3.8) is 0 Å². The van der Waals surface area contributed by atoms with Crippen molar-refractivity contribution < 1.29 is 37.8 Å². The molecule has 2 rings (SSSR count). The molecule has 0 spiro atoms. The summed E-state index contributed by atoms with van der Waals surface area (Å²) in [5, 5.41) is 36.8. The monoisotopic (exact) mass is 576 g/mol. The van der Waals surface area contributed by atoms with E-state index in [0.29, 0.717) is 17.2 Å². The van der Waals surface area contributed by atoms with E-state index in [1.807, 2.05) is 0 Å². The first-order valence-electron chi connectivity index (χ1n) is 11.9. The molecule has 15 heteroatoms. The number of amides is 2. The van der Waals surface area contributed by atoms with Crippen molar-refractivity contribution in [1.82, 2.24) is 16.0 Å². The molecule has 0 saturated carbocycles. The van der Waals surface area contributed by atoms with E-state index < -0.39 is 58.7 Å². The Morgan fingerprint density at radius 2 is 1.40 bits per heavy atom. The van der Waals surface area contributed by atoms with Crippen molar-refractivity contribution in [3.05, 3.63) is 72.6 Å². The van der Waals surface area contributed by atoms with E-state index in [1.54, 1.807) is 54.6 Å². The van der Waals surface area contributed by atoms with Crippen molar-refractivity contribution in [2.24, 2.45) is 5.14 Å². The van der Waals surface area contributed by atoms with Crippen molar-refractivity contribution in [2.45, 2.75) is 31.5 Å². The van der Waals surface area contributed by atoms with Crippen LogP contribution in [0.15, 0.2) is 67.0 Å². The molecular formula is C25H32N6O8S. The van der Waals surface area contributed by atoms with Crippen LogP contribution < -0.4 is 31.7 Å². The average Bonchev–Trinajstić information content (AvgIpc) is 2.87. The molecule has 0 aliphatic carbocycles. The number of hydrogen-bond donors (Lipinski definition) is 8. The van der Waals surface area contributed by atoms with Crippen LogP contribution in [0.3, 0.4) is 0 Å². The van der Waals surface area contributed by atoms with Gasteiger partial charge in [-0.3, -0.25) is 19.2 Å². The molecule has 9 N–H and O–H groups in total. The summed E-state index contributed by atoms with van der Waals surface area (Å²) >= 11 is 0. The van der Waals surface area contributed by atoms with Gasteiger partial charge >= 0.3 is 11.9 Å². The first-order valence-corrected chi connectivity index (χ1v) is 13.7. The summed E-state index contributed by atoms with van der Waals surface area (Å²) in [5.41, 5.74) is 1.68. The quantitative estimate of drug-likeness (QED) is 0.125. The first kappa shape index (κ1) is 31.6. The minimum atomic E-state index is -3.62. The van der Waals surface area contributed by atoms with Crippen LogP contribution in [0.25, 0.3) is 0 Å². The molecule has 2 amide bonds. The van der Waals surface area contributed by atoms with E-state index in [2.05, 4.69) is 33.2 Å². The van der Waals surface area contributed by atoms with E-state index in [-0.39, 0.29) is 18.8 Å². The van der Waals surface area contributed by atoms with Crippen LogP contribution in [-0.2, 0) is 35.7 Å². The summed E-state index contributed by atoms with van der Waals surface area (Å²) in [7, 11) is -3.62. The average molecular weight is 577 g/mol. The van der Waals surface area contributed by atoms with Crippen molar-refractivity contribution in [3.8, 4) is 0 Å². The summed E-state index contributed by atoms with van der Waals surface area (Å²) < 4.78 is 22.0. The summed E-state index contributed by atoms with van der Waals surface area (Å²) in [5.74, 6) is -4.21. The number of benzene rings is 2. The summed E-state index contributed by atoms with van der Waals surface area (Å²) in [6.07, 6.45) is -1.36. The molecule has 0 radical (unpaired) electrons. The Labute approximate surface area is 231 Å². The number of nitrogens with one attached hydrogen (secondary N) is 5. The van der Waals surface area contributed by atoms with Gasteiger partial charge in [0.05, 0.1) is 24.4 Å². The fourth-order valence-electron chi connectivity index (χ4n) is 3.36. The van der Waals surface area contributed by atoms with E-state index in [4.69, 9.17) is 5.14 Å².